The zero-order chi connectivity index (χ0) is 3.41. The Morgan fingerprint density at radius 1 is 1.50 bits per heavy atom. The summed E-state index contributed by atoms with van der Waals surface area (Å²) in [4.78, 5) is 2.23. The molecule has 0 spiro atoms. The van der Waals surface area contributed by atoms with Crippen molar-refractivity contribution in [2.75, 3.05) is 4.56 Å². The van der Waals surface area contributed by atoms with Crippen LogP contribution in [0.1, 0.15) is 0 Å². The van der Waals surface area contributed by atoms with E-state index in [9.17, 15) is 0 Å². The van der Waals surface area contributed by atoms with Gasteiger partial charge in [-0.25, -0.2) is 0 Å². The molecule has 0 amide bonds. The average Bonchev–Trinajstić information content (AvgIpc) is 1.37. The van der Waals surface area contributed by atoms with Crippen LogP contribution in [0.2, 0.25) is 4.94 Å². The summed E-state index contributed by atoms with van der Waals surface area (Å²) >= 11 is 0.00167. The second-order valence-electron chi connectivity index (χ2n) is 0.558. The van der Waals surface area contributed by atoms with Gasteiger partial charge in [0.05, 0.1) is 0 Å². The molecule has 0 fully saturated rings. The Kier molecular flexibility index (Phi) is 42.3. The Morgan fingerprint density at radius 3 is 1.67 bits per heavy atom. The minimum atomic E-state index is 0. The summed E-state index contributed by atoms with van der Waals surface area (Å²) in [5, 5.41) is 0. The molecule has 2 radical (unpaired) electrons. The predicted octanol–water partition coefficient (Wildman–Crippen LogP) is 0.498. The number of hydrogen-bond acceptors (Lipinski definition) is 1. The SMILES string of the molecule is Cl.Cl.[CH3][Sn][CH2]N. The van der Waals surface area contributed by atoms with Gasteiger partial charge in [-0.1, -0.05) is 0 Å². The molecule has 0 aliphatic rings. The first-order valence-electron chi connectivity index (χ1n) is 1.26. The molecule has 0 saturated heterocycles. The van der Waals surface area contributed by atoms with E-state index in [1.54, 1.807) is 0 Å². The van der Waals surface area contributed by atoms with E-state index in [0.717, 1.165) is 4.56 Å². The van der Waals surface area contributed by atoms with Crippen LogP contribution in [0.5, 0.6) is 0 Å². The molecule has 0 aliphatic carbocycles. The van der Waals surface area contributed by atoms with Gasteiger partial charge < -0.3 is 0 Å². The summed E-state index contributed by atoms with van der Waals surface area (Å²) in [5.74, 6) is 0. The fraction of sp³-hybridized carbons (Fsp3) is 1.00. The molecule has 0 saturated carbocycles. The Bertz CT molecular complexity index is 13.5. The molecule has 0 rings (SSSR count). The zero-order valence-electron chi connectivity index (χ0n) is 3.60. The third-order valence-corrected chi connectivity index (χ3v) is 1.37. The van der Waals surface area contributed by atoms with Crippen LogP contribution >= 0.6 is 24.8 Å². The van der Waals surface area contributed by atoms with E-state index < -0.39 is 0 Å². The molecule has 6 heavy (non-hydrogen) atoms. The third-order valence-electron chi connectivity index (χ3n) is 0.204. The fourth-order valence-corrected chi connectivity index (χ4v) is 0. The van der Waals surface area contributed by atoms with Crippen molar-refractivity contribution in [1.82, 2.24) is 0 Å². The molecule has 0 aromatic carbocycles. The Labute approximate surface area is 61.1 Å². The van der Waals surface area contributed by atoms with Crippen LogP contribution in [0.25, 0.3) is 0 Å². The monoisotopic (exact) mass is 237 g/mol. The second-order valence-corrected chi connectivity index (χ2v) is 3.74. The van der Waals surface area contributed by atoms with E-state index in [2.05, 4.69) is 4.94 Å². The molecule has 0 aromatic rings. The molecular formula is C2H9Cl2NSn. The van der Waals surface area contributed by atoms with Crippen molar-refractivity contribution in [1.29, 1.82) is 0 Å². The summed E-state index contributed by atoms with van der Waals surface area (Å²) in [5.41, 5.74) is 5.10. The summed E-state index contributed by atoms with van der Waals surface area (Å²) < 4.78 is 0.989. The summed E-state index contributed by atoms with van der Waals surface area (Å²) in [6, 6.07) is 0. The molecule has 0 aliphatic heterocycles. The van der Waals surface area contributed by atoms with Crippen molar-refractivity contribution in [3.8, 4) is 0 Å². The van der Waals surface area contributed by atoms with Crippen LogP contribution in [0, 0.1) is 0 Å². The third kappa shape index (κ3) is 18.4. The normalized spacial score (nSPS) is 5.00. The van der Waals surface area contributed by atoms with E-state index in [-0.39, 0.29) is 46.0 Å². The Morgan fingerprint density at radius 2 is 1.67 bits per heavy atom. The Balaban J connectivity index is -0.0000000450. The van der Waals surface area contributed by atoms with Gasteiger partial charge in [-0.05, 0) is 0 Å². The molecular weight excluding hydrogens is 228 g/mol. The van der Waals surface area contributed by atoms with Crippen LogP contribution in [0.4, 0.5) is 0 Å². The van der Waals surface area contributed by atoms with Gasteiger partial charge in [0.25, 0.3) is 0 Å². The maximum atomic E-state index is 5.10. The molecule has 4 heteroatoms. The molecule has 0 heterocycles. The van der Waals surface area contributed by atoms with Crippen molar-refractivity contribution < 1.29 is 0 Å². The van der Waals surface area contributed by atoms with Gasteiger partial charge in [0.15, 0.2) is 0 Å². The van der Waals surface area contributed by atoms with Crippen molar-refractivity contribution in [2.45, 2.75) is 4.94 Å². The zero-order valence-corrected chi connectivity index (χ0v) is 8.09. The van der Waals surface area contributed by atoms with Gasteiger partial charge >= 0.3 is 36.4 Å². The van der Waals surface area contributed by atoms with Gasteiger partial charge in [0.1, 0.15) is 0 Å². The van der Waals surface area contributed by atoms with Gasteiger partial charge in [-0.15, -0.1) is 24.8 Å². The number of nitrogens with two attached hydrogens (primary N) is 1. The first-order chi connectivity index (χ1) is 1.91. The maximum absolute atomic E-state index is 5.10. The topological polar surface area (TPSA) is 26.0 Å². The standard InChI is InChI=1S/CH4N.CH3.2ClH.Sn/c1-2;;;;/h1-2H2;1H3;2*1H;. The first-order valence-corrected chi connectivity index (χ1v) is 6.13. The van der Waals surface area contributed by atoms with Gasteiger partial charge in [-0.2, -0.15) is 0 Å². The molecule has 40 valence electrons. The van der Waals surface area contributed by atoms with Gasteiger partial charge in [-0.3, -0.25) is 0 Å². The predicted molar refractivity (Wildman–Crippen MR) is 35.2 cm³/mol. The first kappa shape index (κ1) is 15.7. The van der Waals surface area contributed by atoms with Crippen molar-refractivity contribution in [3.05, 3.63) is 0 Å². The van der Waals surface area contributed by atoms with Crippen LogP contribution in [-0.4, -0.2) is 25.7 Å². The van der Waals surface area contributed by atoms with Crippen molar-refractivity contribution >= 4 is 46.0 Å². The molecule has 1 nitrogen and oxygen atoms in total. The van der Waals surface area contributed by atoms with Crippen molar-refractivity contribution in [2.24, 2.45) is 5.73 Å². The number of rotatable bonds is 1. The average molecular weight is 237 g/mol. The van der Waals surface area contributed by atoms with E-state index in [4.69, 9.17) is 5.73 Å². The quantitative estimate of drug-likeness (QED) is 0.660. The molecule has 0 unspecified atom stereocenters. The van der Waals surface area contributed by atoms with Crippen LogP contribution < -0.4 is 5.73 Å². The fourth-order valence-electron chi connectivity index (χ4n) is 0. The van der Waals surface area contributed by atoms with E-state index in [1.165, 1.54) is 0 Å². The molecule has 0 atom stereocenters. The van der Waals surface area contributed by atoms with E-state index in [0.29, 0.717) is 0 Å². The number of hydrogen-bond donors (Lipinski definition) is 1. The van der Waals surface area contributed by atoms with Gasteiger partial charge in [0, 0.05) is 0 Å². The molecule has 2 N–H and O–H groups in total. The van der Waals surface area contributed by atoms with E-state index in [1.807, 2.05) is 0 Å². The second kappa shape index (κ2) is 16.2. The van der Waals surface area contributed by atoms with Gasteiger partial charge in [0.2, 0.25) is 0 Å². The van der Waals surface area contributed by atoms with Crippen molar-refractivity contribution in [3.63, 3.8) is 0 Å². The minimum absolute atomic E-state index is 0. The summed E-state index contributed by atoms with van der Waals surface area (Å²) in [6.45, 7) is 0. The van der Waals surface area contributed by atoms with E-state index >= 15 is 0 Å². The Hall–Kier alpha value is 1.34. The van der Waals surface area contributed by atoms with Crippen LogP contribution in [-0.2, 0) is 0 Å². The van der Waals surface area contributed by atoms with Crippen LogP contribution in [0.15, 0.2) is 0 Å². The summed E-state index contributed by atoms with van der Waals surface area (Å²) in [7, 11) is 0. The molecule has 0 aromatic heterocycles. The molecule has 0 bridgehead atoms. The van der Waals surface area contributed by atoms with Crippen LogP contribution in [0.3, 0.4) is 0 Å². The number of halogens is 2. The summed E-state index contributed by atoms with van der Waals surface area (Å²) in [6.07, 6.45) is 0.